The minimum absolute atomic E-state index is 0.123. The minimum atomic E-state index is -0.152. The number of fused-ring (bicyclic) bond motifs is 2. The standard InChI is InChI=1S/C16H12N4O2S/c1-10-3-2-4-13-18-11(7-14(21)20(10)13)8-19-9-17-15-12(16(19)22)5-6-23-15/h2-7,9H,8H2,1H3. The monoisotopic (exact) mass is 324 g/mol. The van der Waals surface area contributed by atoms with Crippen molar-refractivity contribution < 1.29 is 0 Å². The first-order valence-corrected chi connectivity index (χ1v) is 7.92. The molecule has 7 heteroatoms. The fourth-order valence-corrected chi connectivity index (χ4v) is 3.35. The van der Waals surface area contributed by atoms with Gasteiger partial charge in [-0.25, -0.2) is 9.97 Å². The van der Waals surface area contributed by atoms with Crippen LogP contribution >= 0.6 is 11.3 Å². The number of rotatable bonds is 2. The number of thiophene rings is 1. The molecule has 0 N–H and O–H groups in total. The van der Waals surface area contributed by atoms with Crippen LogP contribution in [0.15, 0.2) is 51.6 Å². The maximum Gasteiger partial charge on any atom is 0.262 e. The van der Waals surface area contributed by atoms with Crippen LogP contribution in [-0.4, -0.2) is 18.9 Å². The Bertz CT molecular complexity index is 1160. The summed E-state index contributed by atoms with van der Waals surface area (Å²) in [5.41, 5.74) is 1.66. The van der Waals surface area contributed by atoms with Crippen molar-refractivity contribution in [2.45, 2.75) is 13.5 Å². The molecular formula is C16H12N4O2S. The van der Waals surface area contributed by atoms with Crippen LogP contribution in [0, 0.1) is 6.92 Å². The van der Waals surface area contributed by atoms with Gasteiger partial charge in [0.2, 0.25) is 0 Å². The second kappa shape index (κ2) is 5.13. The second-order valence-corrected chi connectivity index (χ2v) is 6.16. The molecule has 114 valence electrons. The van der Waals surface area contributed by atoms with Crippen LogP contribution in [0.4, 0.5) is 0 Å². The van der Waals surface area contributed by atoms with Gasteiger partial charge in [-0.1, -0.05) is 6.07 Å². The molecule has 0 atom stereocenters. The first-order valence-electron chi connectivity index (χ1n) is 7.04. The van der Waals surface area contributed by atoms with E-state index in [1.165, 1.54) is 28.3 Å². The van der Waals surface area contributed by atoms with E-state index in [2.05, 4.69) is 9.97 Å². The summed E-state index contributed by atoms with van der Waals surface area (Å²) in [4.78, 5) is 34.2. The Morgan fingerprint density at radius 2 is 2.09 bits per heavy atom. The molecule has 4 heterocycles. The first kappa shape index (κ1) is 13.8. The zero-order valence-corrected chi connectivity index (χ0v) is 13.1. The Balaban J connectivity index is 1.85. The number of aryl methyl sites for hydroxylation is 1. The summed E-state index contributed by atoms with van der Waals surface area (Å²) in [6.07, 6.45) is 1.50. The van der Waals surface area contributed by atoms with Gasteiger partial charge in [0.1, 0.15) is 10.5 Å². The van der Waals surface area contributed by atoms with Gasteiger partial charge in [-0.15, -0.1) is 11.3 Å². The third kappa shape index (κ3) is 2.25. The number of hydrogen-bond donors (Lipinski definition) is 0. The van der Waals surface area contributed by atoms with Gasteiger partial charge in [-0.3, -0.25) is 18.6 Å². The van der Waals surface area contributed by atoms with Crippen LogP contribution in [0.2, 0.25) is 0 Å². The second-order valence-electron chi connectivity index (χ2n) is 5.26. The number of pyridine rings is 1. The lowest BCUT2D eigenvalue weighted by molar-refractivity contribution is 0.727. The van der Waals surface area contributed by atoms with Crippen LogP contribution in [-0.2, 0) is 6.54 Å². The van der Waals surface area contributed by atoms with Crippen LogP contribution in [0.25, 0.3) is 15.9 Å². The van der Waals surface area contributed by atoms with Crippen molar-refractivity contribution in [1.29, 1.82) is 0 Å². The zero-order chi connectivity index (χ0) is 16.0. The highest BCUT2D eigenvalue weighted by atomic mass is 32.1. The average molecular weight is 324 g/mol. The summed E-state index contributed by atoms with van der Waals surface area (Å²) >= 11 is 1.43. The summed E-state index contributed by atoms with van der Waals surface area (Å²) < 4.78 is 3.02. The van der Waals surface area contributed by atoms with Crippen LogP contribution in [0.3, 0.4) is 0 Å². The number of nitrogens with zero attached hydrogens (tertiary/aromatic N) is 4. The molecule has 0 saturated carbocycles. The molecule has 0 aliphatic rings. The van der Waals surface area contributed by atoms with Gasteiger partial charge < -0.3 is 0 Å². The van der Waals surface area contributed by atoms with E-state index in [1.54, 1.807) is 16.5 Å². The molecule has 0 bridgehead atoms. The van der Waals surface area contributed by atoms with Crippen molar-refractivity contribution >= 4 is 27.2 Å². The van der Waals surface area contributed by atoms with E-state index in [4.69, 9.17) is 0 Å². The lowest BCUT2D eigenvalue weighted by atomic mass is 10.3. The normalized spacial score (nSPS) is 11.3. The summed E-state index contributed by atoms with van der Waals surface area (Å²) in [5.74, 6) is 0. The van der Waals surface area contributed by atoms with Gasteiger partial charge in [-0.2, -0.15) is 0 Å². The molecule has 4 aromatic rings. The fourth-order valence-electron chi connectivity index (χ4n) is 2.63. The van der Waals surface area contributed by atoms with Crippen molar-refractivity contribution in [3.05, 3.63) is 74.1 Å². The molecule has 4 aromatic heterocycles. The lowest BCUT2D eigenvalue weighted by Gasteiger charge is -2.08. The molecule has 4 rings (SSSR count). The molecule has 6 nitrogen and oxygen atoms in total. The Morgan fingerprint density at radius 3 is 2.96 bits per heavy atom. The molecule has 0 unspecified atom stereocenters. The van der Waals surface area contributed by atoms with Gasteiger partial charge in [0, 0.05) is 11.8 Å². The lowest BCUT2D eigenvalue weighted by Crippen LogP contribution is -2.23. The molecule has 0 radical (unpaired) electrons. The Kier molecular flexibility index (Phi) is 3.09. The molecule has 0 amide bonds. The number of hydrogen-bond acceptors (Lipinski definition) is 5. The highest BCUT2D eigenvalue weighted by molar-refractivity contribution is 7.16. The van der Waals surface area contributed by atoms with E-state index in [0.29, 0.717) is 21.6 Å². The average Bonchev–Trinajstić information content (AvgIpc) is 2.99. The maximum absolute atomic E-state index is 12.4. The molecule has 23 heavy (non-hydrogen) atoms. The highest BCUT2D eigenvalue weighted by Gasteiger charge is 2.08. The summed E-state index contributed by atoms with van der Waals surface area (Å²) in [5, 5.41) is 2.43. The summed E-state index contributed by atoms with van der Waals surface area (Å²) in [7, 11) is 0. The summed E-state index contributed by atoms with van der Waals surface area (Å²) in [6, 6.07) is 8.71. The Hall–Kier alpha value is -2.80. The van der Waals surface area contributed by atoms with E-state index in [9.17, 15) is 9.59 Å². The van der Waals surface area contributed by atoms with Gasteiger partial charge in [-0.05, 0) is 30.5 Å². The smallest absolute Gasteiger partial charge is 0.262 e. The van der Waals surface area contributed by atoms with Crippen LogP contribution in [0.5, 0.6) is 0 Å². The fraction of sp³-hybridized carbons (Fsp3) is 0.125. The largest absolute Gasteiger partial charge is 0.293 e. The molecule has 0 aliphatic carbocycles. The zero-order valence-electron chi connectivity index (χ0n) is 12.3. The van der Waals surface area contributed by atoms with E-state index in [-0.39, 0.29) is 17.7 Å². The Labute approximate surface area is 134 Å². The van der Waals surface area contributed by atoms with Gasteiger partial charge in [0.25, 0.3) is 11.1 Å². The molecule has 0 saturated heterocycles. The molecule has 0 aromatic carbocycles. The van der Waals surface area contributed by atoms with Crippen LogP contribution in [0.1, 0.15) is 11.4 Å². The minimum Gasteiger partial charge on any atom is -0.293 e. The maximum atomic E-state index is 12.4. The van der Waals surface area contributed by atoms with Crippen LogP contribution < -0.4 is 11.1 Å². The SMILES string of the molecule is Cc1cccc2nc(Cn3cnc4sccc4c3=O)cc(=O)n12. The van der Waals surface area contributed by atoms with E-state index in [0.717, 1.165) is 5.69 Å². The van der Waals surface area contributed by atoms with Gasteiger partial charge >= 0.3 is 0 Å². The van der Waals surface area contributed by atoms with E-state index >= 15 is 0 Å². The van der Waals surface area contributed by atoms with Crippen molar-refractivity contribution in [3.63, 3.8) is 0 Å². The quantitative estimate of drug-likeness (QED) is 0.564. The Morgan fingerprint density at radius 1 is 1.22 bits per heavy atom. The van der Waals surface area contributed by atoms with Crippen molar-refractivity contribution in [3.8, 4) is 0 Å². The molecule has 0 spiro atoms. The topological polar surface area (TPSA) is 69.3 Å². The number of aromatic nitrogens is 4. The molecular weight excluding hydrogens is 312 g/mol. The molecule has 0 fully saturated rings. The predicted octanol–water partition coefficient (Wildman–Crippen LogP) is 1.82. The summed E-state index contributed by atoms with van der Waals surface area (Å²) in [6.45, 7) is 2.08. The van der Waals surface area contributed by atoms with Gasteiger partial charge in [0.15, 0.2) is 0 Å². The van der Waals surface area contributed by atoms with Crippen molar-refractivity contribution in [2.24, 2.45) is 0 Å². The third-order valence-electron chi connectivity index (χ3n) is 3.72. The van der Waals surface area contributed by atoms with Crippen molar-refractivity contribution in [2.75, 3.05) is 0 Å². The van der Waals surface area contributed by atoms with Crippen molar-refractivity contribution in [1.82, 2.24) is 18.9 Å². The molecule has 0 aliphatic heterocycles. The van der Waals surface area contributed by atoms with E-state index in [1.807, 2.05) is 24.4 Å². The first-order chi connectivity index (χ1) is 11.1. The highest BCUT2D eigenvalue weighted by Crippen LogP contribution is 2.13. The van der Waals surface area contributed by atoms with E-state index < -0.39 is 0 Å². The third-order valence-corrected chi connectivity index (χ3v) is 4.54. The van der Waals surface area contributed by atoms with Gasteiger partial charge in [0.05, 0.1) is 24.0 Å². The predicted molar refractivity (Wildman–Crippen MR) is 89.2 cm³/mol.